The largest absolute Gasteiger partial charge is 0.279 e. The van der Waals surface area contributed by atoms with Crippen LogP contribution in [0.2, 0.25) is 0 Å². The molecule has 5 saturated carbocycles. The van der Waals surface area contributed by atoms with Crippen molar-refractivity contribution in [2.75, 3.05) is 12.0 Å². The number of azo groups is 1. The Balaban J connectivity index is 1.17. The van der Waals surface area contributed by atoms with Crippen molar-refractivity contribution in [2.45, 2.75) is 106 Å². The van der Waals surface area contributed by atoms with Crippen LogP contribution in [0.5, 0.6) is 0 Å². The Morgan fingerprint density at radius 2 is 1.50 bits per heavy atom. The standard InChI is InChI=1S/C42H58N4/c1-29(2)32-20-25-42(28-43-44-30-14-10-8-11-15-30)27-26-40(6)33(37(32)42)18-19-35-39(5)23-22-36(46-45-31-16-12-9-13-17-31)38(3,4)34(39)21-24-41(35,40)7/h8-17,32-35,37,45H,1,18-28H2,2-7H3/t32?,33-,34+,35-,37?,39+,40-,41-,42?/m1/s1. The Bertz CT molecular complexity index is 1490. The number of allylic oxidation sites excluding steroid dienone is 1. The maximum absolute atomic E-state index is 5.08. The van der Waals surface area contributed by atoms with E-state index in [0.29, 0.717) is 34.0 Å². The van der Waals surface area contributed by atoms with Crippen molar-refractivity contribution in [3.63, 3.8) is 0 Å². The second kappa shape index (κ2) is 11.4. The van der Waals surface area contributed by atoms with Crippen LogP contribution in [0.25, 0.3) is 0 Å². The lowest BCUT2D eigenvalue weighted by atomic mass is 9.32. The van der Waals surface area contributed by atoms with Crippen LogP contribution in [0.3, 0.4) is 0 Å². The lowest BCUT2D eigenvalue weighted by Crippen LogP contribution is -2.66. The van der Waals surface area contributed by atoms with E-state index >= 15 is 0 Å². The molecule has 5 aliphatic carbocycles. The first-order chi connectivity index (χ1) is 21.9. The van der Waals surface area contributed by atoms with Gasteiger partial charge in [0.1, 0.15) is 0 Å². The van der Waals surface area contributed by atoms with Crippen molar-refractivity contribution in [1.29, 1.82) is 0 Å². The fourth-order valence-electron chi connectivity index (χ4n) is 13.0. The third-order valence-corrected chi connectivity index (χ3v) is 15.4. The fraction of sp³-hybridized carbons (Fsp3) is 0.643. The second-order valence-electron chi connectivity index (χ2n) is 17.5. The quantitative estimate of drug-likeness (QED) is 0.195. The van der Waals surface area contributed by atoms with Gasteiger partial charge in [0.2, 0.25) is 0 Å². The number of hydrogen-bond donors (Lipinski definition) is 1. The van der Waals surface area contributed by atoms with Gasteiger partial charge in [-0.15, -0.1) is 0 Å². The molecule has 0 aliphatic heterocycles. The molecule has 2 aromatic rings. The van der Waals surface area contributed by atoms with E-state index in [2.05, 4.69) is 114 Å². The van der Waals surface area contributed by atoms with Gasteiger partial charge in [-0.05, 0) is 147 Å². The molecule has 5 aliphatic rings. The molecule has 3 unspecified atom stereocenters. The summed E-state index contributed by atoms with van der Waals surface area (Å²) in [5, 5.41) is 14.8. The number of rotatable bonds is 6. The van der Waals surface area contributed by atoms with Crippen molar-refractivity contribution in [2.24, 2.45) is 72.0 Å². The van der Waals surface area contributed by atoms with E-state index < -0.39 is 0 Å². The summed E-state index contributed by atoms with van der Waals surface area (Å²) in [6.45, 7) is 21.0. The summed E-state index contributed by atoms with van der Waals surface area (Å²) in [5.41, 5.74) is 9.65. The highest BCUT2D eigenvalue weighted by atomic mass is 15.3. The maximum Gasteiger partial charge on any atom is 0.0852 e. The van der Waals surface area contributed by atoms with E-state index in [0.717, 1.165) is 36.2 Å². The second-order valence-corrected chi connectivity index (χ2v) is 17.5. The summed E-state index contributed by atoms with van der Waals surface area (Å²) in [5.74, 6) is 3.46. The van der Waals surface area contributed by atoms with Gasteiger partial charge in [-0.1, -0.05) is 83.2 Å². The van der Waals surface area contributed by atoms with Crippen molar-refractivity contribution in [3.8, 4) is 0 Å². The molecular formula is C42H58N4. The average molecular weight is 619 g/mol. The molecule has 4 nitrogen and oxygen atoms in total. The fourth-order valence-corrected chi connectivity index (χ4v) is 13.0. The molecule has 0 bridgehead atoms. The molecule has 2 aromatic carbocycles. The van der Waals surface area contributed by atoms with Crippen LogP contribution in [-0.4, -0.2) is 12.3 Å². The van der Waals surface area contributed by atoms with E-state index in [1.807, 2.05) is 0 Å². The van der Waals surface area contributed by atoms with Gasteiger partial charge in [-0.2, -0.15) is 15.3 Å². The molecule has 0 amide bonds. The van der Waals surface area contributed by atoms with Crippen LogP contribution in [0.15, 0.2) is 88.1 Å². The summed E-state index contributed by atoms with van der Waals surface area (Å²) in [4.78, 5) is 0. The topological polar surface area (TPSA) is 49.1 Å². The first-order valence-electron chi connectivity index (χ1n) is 18.4. The summed E-state index contributed by atoms with van der Waals surface area (Å²) in [6, 6.07) is 20.8. The smallest absolute Gasteiger partial charge is 0.0852 e. The number of nitrogens with zero attached hydrogens (tertiary/aromatic N) is 3. The van der Waals surface area contributed by atoms with Crippen molar-refractivity contribution in [1.82, 2.24) is 0 Å². The van der Waals surface area contributed by atoms with E-state index in [9.17, 15) is 0 Å². The Kier molecular flexibility index (Phi) is 7.92. The molecule has 0 spiro atoms. The molecule has 0 saturated heterocycles. The van der Waals surface area contributed by atoms with E-state index in [-0.39, 0.29) is 10.8 Å². The van der Waals surface area contributed by atoms with Crippen LogP contribution in [0.4, 0.5) is 11.4 Å². The van der Waals surface area contributed by atoms with Crippen molar-refractivity contribution < 1.29 is 0 Å². The lowest BCUT2D eigenvalue weighted by Gasteiger charge is -2.72. The van der Waals surface area contributed by atoms with Crippen LogP contribution >= 0.6 is 0 Å². The zero-order chi connectivity index (χ0) is 32.4. The van der Waals surface area contributed by atoms with E-state index in [1.165, 1.54) is 69.1 Å². The SMILES string of the molecule is C=C(C)C1CCC2(CN=Nc3ccccc3)CC[C@]3(C)[C@H](CC[C@@H]4[C@@]5(C)CCC(=NNc6ccccc6)C(C)(C)[C@@H]5CC[C@]43C)C12. The highest BCUT2D eigenvalue weighted by Gasteiger charge is 2.70. The molecule has 5 fully saturated rings. The Morgan fingerprint density at radius 3 is 2.22 bits per heavy atom. The molecule has 1 N–H and O–H groups in total. The van der Waals surface area contributed by atoms with Gasteiger partial charge < -0.3 is 0 Å². The monoisotopic (exact) mass is 618 g/mol. The zero-order valence-electron chi connectivity index (χ0n) is 29.5. The van der Waals surface area contributed by atoms with Crippen LogP contribution in [0.1, 0.15) is 106 Å². The minimum atomic E-state index is 0.0931. The van der Waals surface area contributed by atoms with Gasteiger partial charge >= 0.3 is 0 Å². The van der Waals surface area contributed by atoms with Gasteiger partial charge in [0.05, 0.1) is 17.9 Å². The molecule has 9 atom stereocenters. The number of anilines is 1. The lowest BCUT2D eigenvalue weighted by molar-refractivity contribution is -0.227. The normalized spacial score (nSPS) is 42.1. The van der Waals surface area contributed by atoms with Crippen LogP contribution in [0, 0.1) is 56.7 Å². The summed E-state index contributed by atoms with van der Waals surface area (Å²) < 4.78 is 0. The molecule has 0 heterocycles. The van der Waals surface area contributed by atoms with Crippen molar-refractivity contribution in [3.05, 3.63) is 72.8 Å². The summed E-state index contributed by atoms with van der Waals surface area (Å²) in [6.07, 6.45) is 12.9. The number of nitrogens with one attached hydrogen (secondary N) is 1. The number of hydrogen-bond acceptors (Lipinski definition) is 4. The van der Waals surface area contributed by atoms with Gasteiger partial charge in [-0.3, -0.25) is 5.43 Å². The molecular weight excluding hydrogens is 560 g/mol. The van der Waals surface area contributed by atoms with Crippen LogP contribution < -0.4 is 5.43 Å². The minimum Gasteiger partial charge on any atom is -0.279 e. The predicted molar refractivity (Wildman–Crippen MR) is 192 cm³/mol. The predicted octanol–water partition coefficient (Wildman–Crippen LogP) is 11.9. The first kappa shape index (κ1) is 31.8. The molecule has 0 radical (unpaired) electrons. The maximum atomic E-state index is 5.08. The minimum absolute atomic E-state index is 0.0931. The van der Waals surface area contributed by atoms with E-state index in [1.54, 1.807) is 0 Å². The average Bonchev–Trinajstić information content (AvgIpc) is 3.42. The highest BCUT2D eigenvalue weighted by molar-refractivity contribution is 5.91. The summed E-state index contributed by atoms with van der Waals surface area (Å²) >= 11 is 0. The van der Waals surface area contributed by atoms with Gasteiger partial charge in [0.25, 0.3) is 0 Å². The molecule has 7 rings (SSSR count). The highest BCUT2D eigenvalue weighted by Crippen LogP contribution is 2.77. The number of fused-ring (bicyclic) bond motifs is 7. The molecule has 0 aromatic heterocycles. The third-order valence-electron chi connectivity index (χ3n) is 15.4. The van der Waals surface area contributed by atoms with E-state index in [4.69, 9.17) is 15.3 Å². The number of benzene rings is 2. The third kappa shape index (κ3) is 4.78. The number of para-hydroxylation sites is 1. The molecule has 46 heavy (non-hydrogen) atoms. The van der Waals surface area contributed by atoms with Gasteiger partial charge in [0.15, 0.2) is 0 Å². The Hall–Kier alpha value is -2.75. The zero-order valence-corrected chi connectivity index (χ0v) is 29.5. The van der Waals surface area contributed by atoms with Gasteiger partial charge in [-0.25, -0.2) is 0 Å². The Morgan fingerprint density at radius 1 is 0.783 bits per heavy atom. The molecule has 246 valence electrons. The summed E-state index contributed by atoms with van der Waals surface area (Å²) in [7, 11) is 0. The molecule has 4 heteroatoms. The van der Waals surface area contributed by atoms with Crippen LogP contribution in [-0.2, 0) is 0 Å². The van der Waals surface area contributed by atoms with Gasteiger partial charge in [0, 0.05) is 11.1 Å². The number of hydrazone groups is 1. The van der Waals surface area contributed by atoms with Crippen molar-refractivity contribution >= 4 is 17.1 Å². The first-order valence-corrected chi connectivity index (χ1v) is 18.4. The Labute approximate surface area is 279 Å².